The Kier molecular flexibility index (Phi) is 6.25. The summed E-state index contributed by atoms with van der Waals surface area (Å²) in [5, 5.41) is 17.3. The van der Waals surface area contributed by atoms with E-state index in [-0.39, 0.29) is 24.6 Å². The van der Waals surface area contributed by atoms with Gasteiger partial charge in [-0.05, 0) is 48.5 Å². The number of carbonyl (C=O) groups excluding carboxylic acids is 1. The third kappa shape index (κ3) is 5.66. The fourth-order valence-electron chi connectivity index (χ4n) is 2.25. The summed E-state index contributed by atoms with van der Waals surface area (Å²) in [7, 11) is 0. The molecule has 0 atom stereocenters. The molecule has 138 valence electrons. The van der Waals surface area contributed by atoms with Gasteiger partial charge < -0.3 is 5.32 Å². The molecule has 1 heterocycles. The Morgan fingerprint density at radius 1 is 1.15 bits per heavy atom. The molecule has 0 aliphatic carbocycles. The first-order valence-electron chi connectivity index (χ1n) is 8.00. The molecular weight excluding hydrogens is 432 g/mol. The van der Waals surface area contributed by atoms with Gasteiger partial charge in [-0.2, -0.15) is 5.10 Å². The van der Waals surface area contributed by atoms with E-state index in [0.717, 1.165) is 14.3 Å². The average molecular weight is 447 g/mol. The fraction of sp³-hybridized carbons (Fsp3) is 0.111. The van der Waals surface area contributed by atoms with Crippen molar-refractivity contribution in [1.29, 1.82) is 0 Å². The predicted octanol–water partition coefficient (Wildman–Crippen LogP) is 4.73. The molecule has 0 fully saturated rings. The molecular formula is C18H15BrN4O3S. The Morgan fingerprint density at radius 3 is 2.37 bits per heavy atom. The number of anilines is 1. The van der Waals surface area contributed by atoms with Gasteiger partial charge in [-0.25, -0.2) is 0 Å². The van der Waals surface area contributed by atoms with Gasteiger partial charge in [0.05, 0.1) is 4.92 Å². The highest BCUT2D eigenvalue weighted by molar-refractivity contribution is 9.10. The lowest BCUT2D eigenvalue weighted by Gasteiger charge is -2.07. The maximum Gasteiger partial charge on any atom is 0.306 e. The van der Waals surface area contributed by atoms with Crippen molar-refractivity contribution in [2.75, 3.05) is 5.32 Å². The minimum atomic E-state index is -0.516. The van der Waals surface area contributed by atoms with E-state index in [1.54, 1.807) is 11.8 Å². The molecule has 3 rings (SSSR count). The van der Waals surface area contributed by atoms with E-state index in [4.69, 9.17) is 0 Å². The first kappa shape index (κ1) is 19.1. The molecule has 27 heavy (non-hydrogen) atoms. The fourth-order valence-corrected chi connectivity index (χ4v) is 3.33. The highest BCUT2D eigenvalue weighted by Crippen LogP contribution is 2.29. The highest BCUT2D eigenvalue weighted by atomic mass is 79.9. The molecule has 1 N–H and O–H groups in total. The number of benzene rings is 2. The van der Waals surface area contributed by atoms with Gasteiger partial charge in [0.15, 0.2) is 0 Å². The summed E-state index contributed by atoms with van der Waals surface area (Å²) < 4.78 is 2.42. The lowest BCUT2D eigenvalue weighted by Crippen LogP contribution is -2.14. The van der Waals surface area contributed by atoms with Crippen molar-refractivity contribution in [2.24, 2.45) is 0 Å². The summed E-state index contributed by atoms with van der Waals surface area (Å²) in [6, 6.07) is 15.6. The Hall–Kier alpha value is -2.65. The third-order valence-electron chi connectivity index (χ3n) is 3.59. The summed E-state index contributed by atoms with van der Waals surface area (Å²) >= 11 is 5.05. The highest BCUT2D eigenvalue weighted by Gasteiger charge is 2.10. The van der Waals surface area contributed by atoms with Gasteiger partial charge >= 0.3 is 5.69 Å². The summed E-state index contributed by atoms with van der Waals surface area (Å²) in [5.74, 6) is -0.179. The molecule has 0 spiro atoms. The van der Waals surface area contributed by atoms with Crippen molar-refractivity contribution in [3.8, 4) is 0 Å². The van der Waals surface area contributed by atoms with Gasteiger partial charge in [-0.15, -0.1) is 0 Å². The van der Waals surface area contributed by atoms with E-state index in [1.807, 2.05) is 48.5 Å². The molecule has 0 aliphatic rings. The first-order chi connectivity index (χ1) is 13.0. The summed E-state index contributed by atoms with van der Waals surface area (Å²) in [6.07, 6.45) is 2.65. The summed E-state index contributed by atoms with van der Waals surface area (Å²) in [5.41, 5.74) is 0.612. The van der Waals surface area contributed by atoms with Crippen molar-refractivity contribution in [3.05, 3.63) is 75.5 Å². The van der Waals surface area contributed by atoms with E-state index in [1.165, 1.54) is 17.1 Å². The van der Waals surface area contributed by atoms with Crippen LogP contribution in [0.3, 0.4) is 0 Å². The van der Waals surface area contributed by atoms with Crippen LogP contribution >= 0.6 is 27.7 Å². The number of nitrogens with one attached hydrogen (secondary N) is 1. The van der Waals surface area contributed by atoms with Crippen LogP contribution in [0.1, 0.15) is 6.42 Å². The molecule has 1 amide bonds. The van der Waals surface area contributed by atoms with Crippen LogP contribution in [0.15, 0.2) is 75.2 Å². The summed E-state index contributed by atoms with van der Waals surface area (Å²) in [6.45, 7) is 0.275. The zero-order valence-electron chi connectivity index (χ0n) is 14.0. The second-order valence-corrected chi connectivity index (χ2v) is 7.66. The SMILES string of the molecule is O=C(CCn1cc([N+](=O)[O-])cn1)Nc1ccc(Sc2ccc(Br)cc2)cc1. The van der Waals surface area contributed by atoms with Crippen LogP contribution in [0.2, 0.25) is 0 Å². The molecule has 0 saturated carbocycles. The first-order valence-corrected chi connectivity index (χ1v) is 9.61. The average Bonchev–Trinajstić information content (AvgIpc) is 3.13. The Morgan fingerprint density at radius 2 is 1.78 bits per heavy atom. The standard InChI is InChI=1S/C18H15BrN4O3S/c19-13-1-5-16(6-2-13)27-17-7-3-14(4-8-17)21-18(24)9-10-22-12-15(11-20-22)23(25)26/h1-8,11-12H,9-10H2,(H,21,24). The number of rotatable bonds is 7. The van der Waals surface area contributed by atoms with Gasteiger partial charge in [-0.3, -0.25) is 19.6 Å². The van der Waals surface area contributed by atoms with Gasteiger partial charge in [0.25, 0.3) is 0 Å². The monoisotopic (exact) mass is 446 g/mol. The van der Waals surface area contributed by atoms with Crippen molar-refractivity contribution >= 4 is 45.0 Å². The van der Waals surface area contributed by atoms with Crippen molar-refractivity contribution in [3.63, 3.8) is 0 Å². The maximum absolute atomic E-state index is 12.0. The van der Waals surface area contributed by atoms with Crippen LogP contribution in [0, 0.1) is 10.1 Å². The van der Waals surface area contributed by atoms with Crippen LogP contribution in [0.4, 0.5) is 11.4 Å². The normalized spacial score (nSPS) is 10.6. The molecule has 0 radical (unpaired) electrons. The van der Waals surface area contributed by atoms with Gasteiger partial charge in [0.1, 0.15) is 12.4 Å². The molecule has 7 nitrogen and oxygen atoms in total. The number of aromatic nitrogens is 2. The van der Waals surface area contributed by atoms with Crippen molar-refractivity contribution in [1.82, 2.24) is 9.78 Å². The number of hydrogen-bond donors (Lipinski definition) is 1. The zero-order valence-corrected chi connectivity index (χ0v) is 16.4. The van der Waals surface area contributed by atoms with E-state index >= 15 is 0 Å². The number of halogens is 1. The third-order valence-corrected chi connectivity index (χ3v) is 5.13. The topological polar surface area (TPSA) is 90.1 Å². The number of aryl methyl sites for hydroxylation is 1. The van der Waals surface area contributed by atoms with E-state index in [9.17, 15) is 14.9 Å². The Bertz CT molecular complexity index is 942. The Balaban J connectivity index is 1.50. The van der Waals surface area contributed by atoms with Gasteiger partial charge in [0.2, 0.25) is 5.91 Å². The van der Waals surface area contributed by atoms with Crippen LogP contribution in [-0.2, 0) is 11.3 Å². The molecule has 0 unspecified atom stereocenters. The largest absolute Gasteiger partial charge is 0.326 e. The maximum atomic E-state index is 12.0. The van der Waals surface area contributed by atoms with Crippen LogP contribution in [0.25, 0.3) is 0 Å². The number of hydrogen-bond acceptors (Lipinski definition) is 5. The van der Waals surface area contributed by atoms with Crippen molar-refractivity contribution < 1.29 is 9.72 Å². The molecule has 3 aromatic rings. The molecule has 0 bridgehead atoms. The molecule has 9 heteroatoms. The summed E-state index contributed by atoms with van der Waals surface area (Å²) in [4.78, 5) is 24.3. The number of nitrogens with zero attached hydrogens (tertiary/aromatic N) is 3. The minimum Gasteiger partial charge on any atom is -0.326 e. The van der Waals surface area contributed by atoms with Crippen LogP contribution in [-0.4, -0.2) is 20.6 Å². The van der Waals surface area contributed by atoms with Crippen LogP contribution in [0.5, 0.6) is 0 Å². The second kappa shape index (κ2) is 8.83. The predicted molar refractivity (Wildman–Crippen MR) is 107 cm³/mol. The van der Waals surface area contributed by atoms with E-state index in [2.05, 4.69) is 26.3 Å². The lowest BCUT2D eigenvalue weighted by atomic mass is 10.3. The molecule has 1 aromatic heterocycles. The molecule has 2 aromatic carbocycles. The Labute approximate surface area is 168 Å². The number of carbonyl (C=O) groups is 1. The quantitative estimate of drug-likeness (QED) is 0.418. The zero-order chi connectivity index (χ0) is 19.2. The van der Waals surface area contributed by atoms with E-state index in [0.29, 0.717) is 5.69 Å². The van der Waals surface area contributed by atoms with Gasteiger partial charge in [0, 0.05) is 32.9 Å². The smallest absolute Gasteiger partial charge is 0.306 e. The number of amides is 1. The minimum absolute atomic E-state index is 0.0886. The lowest BCUT2D eigenvalue weighted by molar-refractivity contribution is -0.385. The number of nitro groups is 1. The molecule has 0 saturated heterocycles. The van der Waals surface area contributed by atoms with Crippen LogP contribution < -0.4 is 5.32 Å². The van der Waals surface area contributed by atoms with Gasteiger partial charge in [-0.1, -0.05) is 27.7 Å². The van der Waals surface area contributed by atoms with Crippen molar-refractivity contribution in [2.45, 2.75) is 22.8 Å². The van der Waals surface area contributed by atoms with E-state index < -0.39 is 4.92 Å². The molecule has 0 aliphatic heterocycles. The second-order valence-electron chi connectivity index (χ2n) is 5.60.